The molecule has 0 fully saturated rings. The van der Waals surface area contributed by atoms with Crippen LogP contribution < -0.4 is 0 Å². The van der Waals surface area contributed by atoms with Crippen LogP contribution in [0.5, 0.6) is 5.75 Å². The van der Waals surface area contributed by atoms with Crippen molar-refractivity contribution in [2.24, 2.45) is 0 Å². The summed E-state index contributed by atoms with van der Waals surface area (Å²) in [6.45, 7) is 5.81. The Labute approximate surface area is 143 Å². The molecule has 0 radical (unpaired) electrons. The van der Waals surface area contributed by atoms with Gasteiger partial charge in [0.1, 0.15) is 5.75 Å². The highest BCUT2D eigenvalue weighted by molar-refractivity contribution is 5.33. The van der Waals surface area contributed by atoms with Gasteiger partial charge in [-0.15, -0.1) is 0 Å². The van der Waals surface area contributed by atoms with E-state index in [1.165, 1.54) is 63.4 Å². The van der Waals surface area contributed by atoms with Crippen LogP contribution in [0.3, 0.4) is 0 Å². The number of phenols is 1. The number of hydrogen-bond donors (Lipinski definition) is 1. The predicted molar refractivity (Wildman–Crippen MR) is 99.0 cm³/mol. The van der Waals surface area contributed by atoms with E-state index in [-0.39, 0.29) is 0 Å². The third kappa shape index (κ3) is 10.4. The maximum atomic E-state index is 9.66. The van der Waals surface area contributed by atoms with Gasteiger partial charge in [-0.25, -0.2) is 0 Å². The quantitative estimate of drug-likeness (QED) is 0.402. The van der Waals surface area contributed by atoms with Crippen molar-refractivity contribution in [3.8, 4) is 5.75 Å². The zero-order valence-electron chi connectivity index (χ0n) is 15.3. The molecule has 1 aromatic rings. The van der Waals surface area contributed by atoms with Crippen LogP contribution in [0.4, 0.5) is 0 Å². The predicted octanol–water partition coefficient (Wildman–Crippen LogP) is 6.39. The number of benzene rings is 1. The summed E-state index contributed by atoms with van der Waals surface area (Å²) in [5.41, 5.74) is 2.25. The smallest absolute Gasteiger partial charge is 0.116 e. The van der Waals surface area contributed by atoms with Gasteiger partial charge in [-0.05, 0) is 36.1 Å². The fourth-order valence-electron chi connectivity index (χ4n) is 2.91. The van der Waals surface area contributed by atoms with E-state index >= 15 is 0 Å². The third-order valence-corrected chi connectivity index (χ3v) is 4.36. The van der Waals surface area contributed by atoms with Gasteiger partial charge in [0.2, 0.25) is 0 Å². The maximum Gasteiger partial charge on any atom is 0.116 e. The SMILES string of the molecule is CCCCCCCCCCCCOCc1cc(O)cc(CC)c1. The highest BCUT2D eigenvalue weighted by atomic mass is 16.5. The Morgan fingerprint density at radius 3 is 1.91 bits per heavy atom. The molecule has 0 saturated carbocycles. The molecule has 0 atom stereocenters. The molecule has 23 heavy (non-hydrogen) atoms. The summed E-state index contributed by atoms with van der Waals surface area (Å²) in [6.07, 6.45) is 14.5. The van der Waals surface area contributed by atoms with Crippen LogP contribution in [0.1, 0.15) is 89.2 Å². The van der Waals surface area contributed by atoms with Crippen molar-refractivity contribution >= 4 is 0 Å². The number of aryl methyl sites for hydroxylation is 1. The first kappa shape index (κ1) is 20.0. The average molecular weight is 321 g/mol. The Kier molecular flexibility index (Phi) is 11.7. The van der Waals surface area contributed by atoms with Crippen molar-refractivity contribution < 1.29 is 9.84 Å². The Morgan fingerprint density at radius 2 is 1.30 bits per heavy atom. The van der Waals surface area contributed by atoms with Gasteiger partial charge in [0.05, 0.1) is 6.61 Å². The minimum absolute atomic E-state index is 0.349. The summed E-state index contributed by atoms with van der Waals surface area (Å²) in [7, 11) is 0. The van der Waals surface area contributed by atoms with Crippen LogP contribution in [-0.2, 0) is 17.8 Å². The van der Waals surface area contributed by atoms with Gasteiger partial charge in [0, 0.05) is 6.61 Å². The second-order valence-corrected chi connectivity index (χ2v) is 6.60. The van der Waals surface area contributed by atoms with Crippen molar-refractivity contribution in [3.05, 3.63) is 29.3 Å². The molecule has 0 bridgehead atoms. The number of hydrogen-bond acceptors (Lipinski definition) is 2. The van der Waals surface area contributed by atoms with Crippen LogP contribution >= 0.6 is 0 Å². The van der Waals surface area contributed by atoms with Crippen molar-refractivity contribution in [3.63, 3.8) is 0 Å². The fourth-order valence-corrected chi connectivity index (χ4v) is 2.91. The molecule has 0 amide bonds. The van der Waals surface area contributed by atoms with Crippen LogP contribution in [0.2, 0.25) is 0 Å². The molecule has 0 aliphatic rings. The molecule has 0 unspecified atom stereocenters. The Balaban J connectivity index is 1.94. The summed E-state index contributed by atoms with van der Waals surface area (Å²) < 4.78 is 5.74. The van der Waals surface area contributed by atoms with E-state index in [4.69, 9.17) is 4.74 Å². The minimum Gasteiger partial charge on any atom is -0.508 e. The molecule has 2 nitrogen and oxygen atoms in total. The third-order valence-electron chi connectivity index (χ3n) is 4.36. The van der Waals surface area contributed by atoms with E-state index < -0.39 is 0 Å². The van der Waals surface area contributed by atoms with E-state index in [0.29, 0.717) is 12.4 Å². The lowest BCUT2D eigenvalue weighted by molar-refractivity contribution is 0.116. The summed E-state index contributed by atoms with van der Waals surface area (Å²) >= 11 is 0. The van der Waals surface area contributed by atoms with Gasteiger partial charge in [-0.3, -0.25) is 0 Å². The van der Waals surface area contributed by atoms with Gasteiger partial charge in [-0.1, -0.05) is 77.7 Å². The molecule has 132 valence electrons. The average Bonchev–Trinajstić information content (AvgIpc) is 2.55. The molecule has 0 spiro atoms. The van der Waals surface area contributed by atoms with Crippen LogP contribution in [0.15, 0.2) is 18.2 Å². The lowest BCUT2D eigenvalue weighted by Gasteiger charge is -2.07. The first-order valence-electron chi connectivity index (χ1n) is 9.65. The van der Waals surface area contributed by atoms with Crippen molar-refractivity contribution in [1.82, 2.24) is 0 Å². The highest BCUT2D eigenvalue weighted by Crippen LogP contribution is 2.17. The van der Waals surface area contributed by atoms with Crippen molar-refractivity contribution in [1.29, 1.82) is 0 Å². The standard InChI is InChI=1S/C21H36O2/c1-3-5-6-7-8-9-10-11-12-13-14-23-18-20-15-19(4-2)16-21(22)17-20/h15-17,22H,3-14,18H2,1-2H3. The zero-order chi connectivity index (χ0) is 16.8. The van der Waals surface area contributed by atoms with Crippen LogP contribution in [0, 0.1) is 0 Å². The first-order chi connectivity index (χ1) is 11.3. The van der Waals surface area contributed by atoms with E-state index in [1.807, 2.05) is 6.07 Å². The summed E-state index contributed by atoms with van der Waals surface area (Å²) in [5, 5.41) is 9.66. The minimum atomic E-state index is 0.349. The van der Waals surface area contributed by atoms with Crippen molar-refractivity contribution in [2.75, 3.05) is 6.61 Å². The largest absolute Gasteiger partial charge is 0.508 e. The molecule has 0 heterocycles. The molecule has 0 aliphatic carbocycles. The van der Waals surface area contributed by atoms with Gasteiger partial charge >= 0.3 is 0 Å². The first-order valence-corrected chi connectivity index (χ1v) is 9.65. The lowest BCUT2D eigenvalue weighted by Crippen LogP contribution is -1.96. The van der Waals surface area contributed by atoms with Gasteiger partial charge in [0.25, 0.3) is 0 Å². The summed E-state index contributed by atoms with van der Waals surface area (Å²) in [6, 6.07) is 5.75. The van der Waals surface area contributed by atoms with E-state index in [0.717, 1.165) is 25.0 Å². The number of unbranched alkanes of at least 4 members (excludes halogenated alkanes) is 9. The van der Waals surface area contributed by atoms with E-state index in [9.17, 15) is 5.11 Å². The van der Waals surface area contributed by atoms with E-state index in [2.05, 4.69) is 19.9 Å². The second-order valence-electron chi connectivity index (χ2n) is 6.60. The fraction of sp³-hybridized carbons (Fsp3) is 0.714. The molecule has 0 saturated heterocycles. The monoisotopic (exact) mass is 320 g/mol. The number of ether oxygens (including phenoxy) is 1. The topological polar surface area (TPSA) is 29.5 Å². The van der Waals surface area contributed by atoms with Crippen molar-refractivity contribution in [2.45, 2.75) is 91.1 Å². The molecule has 1 rings (SSSR count). The molecule has 0 aliphatic heterocycles. The highest BCUT2D eigenvalue weighted by Gasteiger charge is 2.00. The molecular weight excluding hydrogens is 284 g/mol. The molecule has 1 N–H and O–H groups in total. The van der Waals surface area contributed by atoms with Gasteiger partial charge in [0.15, 0.2) is 0 Å². The number of phenolic OH excluding ortho intramolecular Hbond substituents is 1. The van der Waals surface area contributed by atoms with Crippen LogP contribution in [-0.4, -0.2) is 11.7 Å². The Bertz CT molecular complexity index is 401. The maximum absolute atomic E-state index is 9.66. The summed E-state index contributed by atoms with van der Waals surface area (Å²) in [4.78, 5) is 0. The van der Waals surface area contributed by atoms with Gasteiger partial charge in [-0.2, -0.15) is 0 Å². The Morgan fingerprint density at radius 1 is 0.739 bits per heavy atom. The number of rotatable bonds is 14. The van der Waals surface area contributed by atoms with Crippen LogP contribution in [0.25, 0.3) is 0 Å². The van der Waals surface area contributed by atoms with E-state index in [1.54, 1.807) is 6.07 Å². The molecule has 2 heteroatoms. The molecule has 0 aromatic heterocycles. The molecule has 1 aromatic carbocycles. The van der Waals surface area contributed by atoms with Gasteiger partial charge < -0.3 is 9.84 Å². The Hall–Kier alpha value is -1.02. The second kappa shape index (κ2) is 13.4. The normalized spacial score (nSPS) is 11.0. The lowest BCUT2D eigenvalue weighted by atomic mass is 10.1. The summed E-state index contributed by atoms with van der Waals surface area (Å²) in [5.74, 6) is 0.349. The number of aromatic hydroxyl groups is 1. The molecular formula is C21H36O2. The zero-order valence-corrected chi connectivity index (χ0v) is 15.3.